The normalized spacial score (nSPS) is 15.6. The molecule has 0 N–H and O–H groups in total. The van der Waals surface area contributed by atoms with Crippen molar-refractivity contribution in [3.8, 4) is 23.0 Å². The van der Waals surface area contributed by atoms with Crippen LogP contribution in [-0.2, 0) is 14.4 Å². The number of rotatable bonds is 9. The van der Waals surface area contributed by atoms with E-state index in [9.17, 15) is 19.2 Å². The molecule has 0 saturated carbocycles. The van der Waals surface area contributed by atoms with Gasteiger partial charge in [0.05, 0.1) is 11.1 Å². The molecule has 0 radical (unpaired) electrons. The molecule has 0 saturated heterocycles. The average Bonchev–Trinajstić information content (AvgIpc) is 2.83. The number of hydrogen-bond donors (Lipinski definition) is 0. The fourth-order valence-corrected chi connectivity index (χ4v) is 4.00. The molecule has 0 fully saturated rings. The van der Waals surface area contributed by atoms with Crippen molar-refractivity contribution in [1.82, 2.24) is 0 Å². The molecule has 1 atom stereocenters. The number of fused-ring (bicyclic) bond motifs is 1. The van der Waals surface area contributed by atoms with Crippen molar-refractivity contribution >= 4 is 35.8 Å². The fraction of sp³-hybridized carbons (Fsp3) is 0.290. The lowest BCUT2D eigenvalue weighted by atomic mass is 9.92. The molecular formula is C31H32O8. The smallest absolute Gasteiger partial charge is 0.308 e. The number of para-hydroxylation sites is 1. The lowest BCUT2D eigenvalue weighted by Crippen LogP contribution is -2.32. The zero-order chi connectivity index (χ0) is 28.7. The van der Waals surface area contributed by atoms with E-state index in [1.54, 1.807) is 30.3 Å². The van der Waals surface area contributed by atoms with Crippen LogP contribution in [0.2, 0.25) is 0 Å². The number of allylic oxidation sites excluding steroid dienone is 3. The summed E-state index contributed by atoms with van der Waals surface area (Å²) < 4.78 is 22.4. The minimum atomic E-state index is -0.729. The van der Waals surface area contributed by atoms with Crippen molar-refractivity contribution in [2.75, 3.05) is 0 Å². The van der Waals surface area contributed by atoms with Gasteiger partial charge in [0, 0.05) is 26.3 Å². The average molecular weight is 533 g/mol. The van der Waals surface area contributed by atoms with Gasteiger partial charge in [-0.25, -0.2) is 0 Å². The first kappa shape index (κ1) is 29.1. The van der Waals surface area contributed by atoms with E-state index in [1.807, 2.05) is 26.8 Å². The SMILES string of the molecule is CC(=O)Oc1ccccc1C=CC(=O)c1cc(OC(C)=O)c2c(c1OC(C)=O)C=CC(C)(CCC=C(C)C)O2. The molecule has 0 aliphatic carbocycles. The molecule has 2 aromatic carbocycles. The maximum Gasteiger partial charge on any atom is 0.308 e. The van der Waals surface area contributed by atoms with E-state index in [1.165, 1.54) is 44.6 Å². The lowest BCUT2D eigenvalue weighted by Gasteiger charge is -2.33. The Morgan fingerprint density at radius 3 is 2.18 bits per heavy atom. The van der Waals surface area contributed by atoms with Gasteiger partial charge in [-0.1, -0.05) is 29.8 Å². The molecule has 8 nitrogen and oxygen atoms in total. The number of esters is 3. The van der Waals surface area contributed by atoms with Gasteiger partial charge >= 0.3 is 17.9 Å². The van der Waals surface area contributed by atoms with Crippen LogP contribution in [0.15, 0.2) is 54.1 Å². The second-order valence-electron chi connectivity index (χ2n) is 9.58. The van der Waals surface area contributed by atoms with Gasteiger partial charge in [-0.05, 0) is 70.0 Å². The third kappa shape index (κ3) is 7.77. The first-order valence-corrected chi connectivity index (χ1v) is 12.5. The largest absolute Gasteiger partial charge is 0.479 e. The van der Waals surface area contributed by atoms with Crippen LogP contribution in [0.1, 0.15) is 75.9 Å². The van der Waals surface area contributed by atoms with Crippen LogP contribution in [-0.4, -0.2) is 29.3 Å². The number of benzene rings is 2. The highest BCUT2D eigenvalue weighted by molar-refractivity contribution is 6.10. The van der Waals surface area contributed by atoms with Gasteiger partial charge < -0.3 is 18.9 Å². The Bertz CT molecular complexity index is 1390. The summed E-state index contributed by atoms with van der Waals surface area (Å²) in [6.07, 6.45) is 9.78. The van der Waals surface area contributed by atoms with Crippen LogP contribution in [0.4, 0.5) is 0 Å². The van der Waals surface area contributed by atoms with Crippen LogP contribution in [0.25, 0.3) is 12.2 Å². The Hall–Kier alpha value is -4.46. The van der Waals surface area contributed by atoms with E-state index >= 15 is 0 Å². The second kappa shape index (κ2) is 12.4. The number of carbonyl (C=O) groups excluding carboxylic acids is 4. The highest BCUT2D eigenvalue weighted by atomic mass is 16.6. The lowest BCUT2D eigenvalue weighted by molar-refractivity contribution is -0.133. The standard InChI is InChI=1S/C31H32O8/c1-19(2)10-9-16-31(6)17-15-24-29(38-22(5)34)25(18-28(30(24)39-31)37-21(4)33)26(35)14-13-23-11-7-8-12-27(23)36-20(3)32/h7-8,10-15,17-18H,9,16H2,1-6H3. The van der Waals surface area contributed by atoms with E-state index in [4.69, 9.17) is 18.9 Å². The maximum atomic E-state index is 13.4. The van der Waals surface area contributed by atoms with Crippen LogP contribution < -0.4 is 18.9 Å². The molecule has 0 amide bonds. The molecule has 0 bridgehead atoms. The first-order chi connectivity index (χ1) is 18.4. The summed E-state index contributed by atoms with van der Waals surface area (Å²) in [5, 5.41) is 0. The molecular weight excluding hydrogens is 500 g/mol. The number of hydrogen-bond acceptors (Lipinski definition) is 8. The van der Waals surface area contributed by atoms with Crippen molar-refractivity contribution in [2.45, 2.75) is 60.0 Å². The van der Waals surface area contributed by atoms with Crippen LogP contribution in [0.3, 0.4) is 0 Å². The van der Waals surface area contributed by atoms with Gasteiger partial charge in [0.1, 0.15) is 11.4 Å². The molecule has 3 rings (SSSR count). The zero-order valence-corrected chi connectivity index (χ0v) is 23.0. The Morgan fingerprint density at radius 2 is 1.54 bits per heavy atom. The summed E-state index contributed by atoms with van der Waals surface area (Å²) in [6, 6.07) is 8.04. The van der Waals surface area contributed by atoms with E-state index in [0.717, 1.165) is 6.42 Å². The minimum Gasteiger partial charge on any atom is -0.479 e. The summed E-state index contributed by atoms with van der Waals surface area (Å²) in [5.74, 6) is -1.78. The fourth-order valence-electron chi connectivity index (χ4n) is 4.00. The molecule has 1 aliphatic rings. The molecule has 0 aromatic heterocycles. The maximum absolute atomic E-state index is 13.4. The van der Waals surface area contributed by atoms with Crippen molar-refractivity contribution in [2.24, 2.45) is 0 Å². The number of ether oxygens (including phenoxy) is 4. The molecule has 2 aromatic rings. The third-order valence-electron chi connectivity index (χ3n) is 5.72. The van der Waals surface area contributed by atoms with Crippen molar-refractivity contribution in [3.05, 3.63) is 70.8 Å². The van der Waals surface area contributed by atoms with Crippen LogP contribution in [0.5, 0.6) is 23.0 Å². The third-order valence-corrected chi connectivity index (χ3v) is 5.72. The molecule has 0 spiro atoms. The topological polar surface area (TPSA) is 105 Å². The number of ketones is 1. The first-order valence-electron chi connectivity index (χ1n) is 12.5. The van der Waals surface area contributed by atoms with Gasteiger partial charge in [-0.15, -0.1) is 0 Å². The molecule has 1 unspecified atom stereocenters. The highest BCUT2D eigenvalue weighted by Crippen LogP contribution is 2.47. The van der Waals surface area contributed by atoms with Gasteiger partial charge in [0.2, 0.25) is 0 Å². The Balaban J connectivity index is 2.09. The number of carbonyl (C=O) groups is 4. The quantitative estimate of drug-likeness (QED) is 0.122. The monoisotopic (exact) mass is 532 g/mol. The summed E-state index contributed by atoms with van der Waals surface area (Å²) >= 11 is 0. The molecule has 8 heteroatoms. The van der Waals surface area contributed by atoms with Crippen molar-refractivity contribution < 1.29 is 38.1 Å². The summed E-state index contributed by atoms with van der Waals surface area (Å²) in [4.78, 5) is 48.9. The summed E-state index contributed by atoms with van der Waals surface area (Å²) in [6.45, 7) is 9.68. The van der Waals surface area contributed by atoms with Gasteiger partial charge in [0.25, 0.3) is 0 Å². The van der Waals surface area contributed by atoms with E-state index in [2.05, 4.69) is 6.08 Å². The molecule has 204 valence electrons. The summed E-state index contributed by atoms with van der Waals surface area (Å²) in [7, 11) is 0. The Morgan fingerprint density at radius 1 is 0.897 bits per heavy atom. The Kier molecular flexibility index (Phi) is 9.24. The highest BCUT2D eigenvalue weighted by Gasteiger charge is 2.33. The van der Waals surface area contributed by atoms with Crippen molar-refractivity contribution in [3.63, 3.8) is 0 Å². The van der Waals surface area contributed by atoms with Gasteiger partial charge in [0.15, 0.2) is 23.0 Å². The van der Waals surface area contributed by atoms with E-state index < -0.39 is 29.3 Å². The second-order valence-corrected chi connectivity index (χ2v) is 9.58. The van der Waals surface area contributed by atoms with Crippen molar-refractivity contribution in [1.29, 1.82) is 0 Å². The predicted octanol–water partition coefficient (Wildman–Crippen LogP) is 6.27. The van der Waals surface area contributed by atoms with Gasteiger partial charge in [-0.2, -0.15) is 0 Å². The molecule has 39 heavy (non-hydrogen) atoms. The van der Waals surface area contributed by atoms with E-state index in [0.29, 0.717) is 17.5 Å². The predicted molar refractivity (Wildman–Crippen MR) is 147 cm³/mol. The molecule has 1 heterocycles. The van der Waals surface area contributed by atoms with Gasteiger partial charge in [-0.3, -0.25) is 19.2 Å². The Labute approximate surface area is 227 Å². The van der Waals surface area contributed by atoms with Crippen LogP contribution in [0, 0.1) is 0 Å². The van der Waals surface area contributed by atoms with Crippen LogP contribution >= 0.6 is 0 Å². The zero-order valence-electron chi connectivity index (χ0n) is 23.0. The summed E-state index contributed by atoms with van der Waals surface area (Å²) in [5.41, 5.74) is 1.24. The minimum absolute atomic E-state index is 0.0113. The van der Waals surface area contributed by atoms with E-state index in [-0.39, 0.29) is 28.6 Å². The molecule has 1 aliphatic heterocycles.